The van der Waals surface area contributed by atoms with Crippen LogP contribution in [0, 0.1) is 13.8 Å². The number of hydrogen-bond acceptors (Lipinski definition) is 5. The van der Waals surface area contributed by atoms with Crippen molar-refractivity contribution in [3.8, 4) is 0 Å². The number of methoxy groups -OCH3 is 1. The van der Waals surface area contributed by atoms with E-state index in [0.29, 0.717) is 6.42 Å². The normalized spacial score (nSPS) is 12.4. The van der Waals surface area contributed by atoms with E-state index < -0.39 is 6.04 Å². The predicted molar refractivity (Wildman–Crippen MR) is 79.9 cm³/mol. The molecule has 0 aromatic carbocycles. The van der Waals surface area contributed by atoms with Crippen LogP contribution in [0.2, 0.25) is 0 Å². The van der Waals surface area contributed by atoms with Crippen LogP contribution in [0.5, 0.6) is 0 Å². The van der Waals surface area contributed by atoms with Crippen molar-refractivity contribution >= 4 is 33.4 Å². The second-order valence-electron chi connectivity index (χ2n) is 4.55. The molecule has 2 aromatic heterocycles. The molecule has 0 aliphatic rings. The van der Waals surface area contributed by atoms with Crippen molar-refractivity contribution in [1.29, 1.82) is 0 Å². The Hall–Kier alpha value is -1.63. The molecule has 2 heterocycles. The van der Waals surface area contributed by atoms with Crippen LogP contribution in [0.1, 0.15) is 24.7 Å². The van der Waals surface area contributed by atoms with E-state index in [4.69, 9.17) is 4.74 Å². The number of ether oxygens (including phenoxy) is 1. The third-order valence-electron chi connectivity index (χ3n) is 3.04. The Morgan fingerprint density at radius 3 is 2.85 bits per heavy atom. The number of carbonyl (C=O) groups is 1. The maximum absolute atomic E-state index is 11.7. The Kier molecular flexibility index (Phi) is 4.27. The van der Waals surface area contributed by atoms with Crippen LogP contribution >= 0.6 is 15.9 Å². The first-order chi connectivity index (χ1) is 9.47. The highest BCUT2D eigenvalue weighted by Gasteiger charge is 2.19. The number of fused-ring (bicyclic) bond motifs is 1. The summed E-state index contributed by atoms with van der Waals surface area (Å²) in [6.45, 7) is 5.72. The largest absolute Gasteiger partial charge is 0.467 e. The molecule has 1 unspecified atom stereocenters. The number of hydrogen-bond donors (Lipinski definition) is 1. The second kappa shape index (κ2) is 5.78. The molecule has 0 aliphatic heterocycles. The molecular formula is C13H17BrN4O2. The van der Waals surface area contributed by atoms with Crippen LogP contribution in [0.25, 0.3) is 5.65 Å². The Labute approximate surface area is 125 Å². The fourth-order valence-corrected chi connectivity index (χ4v) is 2.31. The minimum Gasteiger partial charge on any atom is -0.467 e. The van der Waals surface area contributed by atoms with Gasteiger partial charge in [0.1, 0.15) is 11.9 Å². The number of aryl methyl sites for hydroxylation is 2. The molecule has 2 rings (SSSR count). The summed E-state index contributed by atoms with van der Waals surface area (Å²) in [5.74, 6) is 0.427. The minimum absolute atomic E-state index is 0.293. The second-order valence-corrected chi connectivity index (χ2v) is 5.34. The zero-order valence-electron chi connectivity index (χ0n) is 11.9. The summed E-state index contributed by atoms with van der Waals surface area (Å²) < 4.78 is 7.34. The van der Waals surface area contributed by atoms with E-state index in [2.05, 4.69) is 31.3 Å². The van der Waals surface area contributed by atoms with Gasteiger partial charge in [-0.05, 0) is 36.2 Å². The van der Waals surface area contributed by atoms with E-state index in [9.17, 15) is 4.79 Å². The average Bonchev–Trinajstić information content (AvgIpc) is 2.71. The van der Waals surface area contributed by atoms with Gasteiger partial charge in [-0.1, -0.05) is 6.92 Å². The van der Waals surface area contributed by atoms with Gasteiger partial charge in [0.25, 0.3) is 0 Å². The van der Waals surface area contributed by atoms with Crippen molar-refractivity contribution < 1.29 is 9.53 Å². The number of anilines is 1. The van der Waals surface area contributed by atoms with Crippen LogP contribution in [-0.2, 0) is 9.53 Å². The van der Waals surface area contributed by atoms with E-state index in [1.54, 1.807) is 4.52 Å². The number of aromatic nitrogens is 3. The zero-order valence-corrected chi connectivity index (χ0v) is 13.5. The molecule has 6 nitrogen and oxygen atoms in total. The molecule has 0 saturated heterocycles. The molecule has 1 atom stereocenters. The van der Waals surface area contributed by atoms with Crippen molar-refractivity contribution in [2.75, 3.05) is 12.4 Å². The Morgan fingerprint density at radius 2 is 2.25 bits per heavy atom. The Balaban J connectivity index is 2.48. The third kappa shape index (κ3) is 2.63. The van der Waals surface area contributed by atoms with Gasteiger partial charge in [-0.3, -0.25) is 0 Å². The van der Waals surface area contributed by atoms with Crippen LogP contribution in [0.15, 0.2) is 10.5 Å². The van der Waals surface area contributed by atoms with Gasteiger partial charge >= 0.3 is 5.97 Å². The highest BCUT2D eigenvalue weighted by Crippen LogP contribution is 2.24. The SMILES string of the molecule is CCC(Nc1cc(C)nc2c(Br)c(C)nn12)C(=O)OC. The molecule has 2 aromatic rings. The average molecular weight is 341 g/mol. The number of nitrogens with zero attached hydrogens (tertiary/aromatic N) is 3. The van der Waals surface area contributed by atoms with Crippen LogP contribution in [-0.4, -0.2) is 33.7 Å². The molecule has 20 heavy (non-hydrogen) atoms. The van der Waals surface area contributed by atoms with E-state index in [-0.39, 0.29) is 5.97 Å². The molecule has 0 amide bonds. The molecule has 0 saturated carbocycles. The van der Waals surface area contributed by atoms with Gasteiger partial charge in [0, 0.05) is 11.8 Å². The van der Waals surface area contributed by atoms with Crippen LogP contribution in [0.4, 0.5) is 5.82 Å². The fraction of sp³-hybridized carbons (Fsp3) is 0.462. The highest BCUT2D eigenvalue weighted by atomic mass is 79.9. The summed E-state index contributed by atoms with van der Waals surface area (Å²) >= 11 is 3.48. The maximum atomic E-state index is 11.7. The first kappa shape index (κ1) is 14.8. The summed E-state index contributed by atoms with van der Waals surface area (Å²) in [5.41, 5.74) is 2.42. The van der Waals surface area contributed by atoms with E-state index >= 15 is 0 Å². The van der Waals surface area contributed by atoms with E-state index in [0.717, 1.165) is 27.3 Å². The summed E-state index contributed by atoms with van der Waals surface area (Å²) in [6.07, 6.45) is 0.622. The standard InChI is InChI=1S/C13H17BrN4O2/c1-5-9(13(19)20-4)16-10-6-7(2)15-12-11(14)8(3)17-18(10)12/h6,9,16H,5H2,1-4H3. The van der Waals surface area contributed by atoms with Crippen molar-refractivity contribution in [3.63, 3.8) is 0 Å². The van der Waals surface area contributed by atoms with Crippen molar-refractivity contribution in [3.05, 3.63) is 21.9 Å². The molecule has 0 radical (unpaired) electrons. The first-order valence-electron chi connectivity index (χ1n) is 6.34. The van der Waals surface area contributed by atoms with Gasteiger partial charge in [-0.15, -0.1) is 0 Å². The summed E-state index contributed by atoms with van der Waals surface area (Å²) in [6, 6.07) is 1.45. The Bertz CT molecular complexity index is 653. The minimum atomic E-state index is -0.409. The summed E-state index contributed by atoms with van der Waals surface area (Å²) in [7, 11) is 1.38. The van der Waals surface area contributed by atoms with Gasteiger partial charge in [0.2, 0.25) is 0 Å². The van der Waals surface area contributed by atoms with Gasteiger partial charge in [0.15, 0.2) is 5.65 Å². The number of esters is 1. The van der Waals surface area contributed by atoms with Crippen molar-refractivity contribution in [2.45, 2.75) is 33.2 Å². The lowest BCUT2D eigenvalue weighted by Gasteiger charge is -2.16. The maximum Gasteiger partial charge on any atom is 0.328 e. The van der Waals surface area contributed by atoms with E-state index in [1.165, 1.54) is 7.11 Å². The van der Waals surface area contributed by atoms with Gasteiger partial charge in [-0.2, -0.15) is 9.61 Å². The van der Waals surface area contributed by atoms with Crippen molar-refractivity contribution in [2.24, 2.45) is 0 Å². The lowest BCUT2D eigenvalue weighted by Crippen LogP contribution is -2.30. The molecule has 7 heteroatoms. The predicted octanol–water partition coefficient (Wildman–Crippen LogP) is 2.47. The summed E-state index contributed by atoms with van der Waals surface area (Å²) in [5, 5.41) is 7.59. The summed E-state index contributed by atoms with van der Waals surface area (Å²) in [4.78, 5) is 16.2. The lowest BCUT2D eigenvalue weighted by atomic mass is 10.2. The van der Waals surface area contributed by atoms with Gasteiger partial charge in [-0.25, -0.2) is 9.78 Å². The molecule has 0 aliphatic carbocycles. The monoisotopic (exact) mass is 340 g/mol. The first-order valence-corrected chi connectivity index (χ1v) is 7.14. The molecule has 0 fully saturated rings. The fourth-order valence-electron chi connectivity index (χ4n) is 1.97. The number of nitrogens with one attached hydrogen (secondary N) is 1. The quantitative estimate of drug-likeness (QED) is 0.866. The zero-order chi connectivity index (χ0) is 14.9. The topological polar surface area (TPSA) is 68.5 Å². The lowest BCUT2D eigenvalue weighted by molar-refractivity contribution is -0.141. The van der Waals surface area contributed by atoms with Crippen LogP contribution < -0.4 is 5.32 Å². The third-order valence-corrected chi connectivity index (χ3v) is 3.97. The van der Waals surface area contributed by atoms with Gasteiger partial charge < -0.3 is 10.1 Å². The molecule has 108 valence electrons. The van der Waals surface area contributed by atoms with E-state index in [1.807, 2.05) is 26.8 Å². The van der Waals surface area contributed by atoms with Crippen LogP contribution in [0.3, 0.4) is 0 Å². The molecule has 0 spiro atoms. The smallest absolute Gasteiger partial charge is 0.328 e. The van der Waals surface area contributed by atoms with Crippen molar-refractivity contribution in [1.82, 2.24) is 14.6 Å². The number of rotatable bonds is 4. The molecular weight excluding hydrogens is 324 g/mol. The molecule has 1 N–H and O–H groups in total. The number of halogens is 1. The Morgan fingerprint density at radius 1 is 1.55 bits per heavy atom. The molecule has 0 bridgehead atoms. The number of carbonyl (C=O) groups excluding carboxylic acids is 1. The highest BCUT2D eigenvalue weighted by molar-refractivity contribution is 9.10. The van der Waals surface area contributed by atoms with Gasteiger partial charge in [0.05, 0.1) is 17.3 Å².